The number of nitrogens with zero attached hydrogens (tertiary/aromatic N) is 6. The zero-order chi connectivity index (χ0) is 28.4. The summed E-state index contributed by atoms with van der Waals surface area (Å²) in [5.41, 5.74) is 10.8. The molecule has 5 rings (SSSR count). The van der Waals surface area contributed by atoms with Crippen LogP contribution in [0.25, 0.3) is 11.4 Å². The van der Waals surface area contributed by atoms with Gasteiger partial charge in [0.2, 0.25) is 5.95 Å². The Bertz CT molecular complexity index is 1430. The number of carbonyl (C=O) groups is 2. The summed E-state index contributed by atoms with van der Waals surface area (Å²) in [6.45, 7) is 5.87. The van der Waals surface area contributed by atoms with Crippen LogP contribution in [-0.4, -0.2) is 83.5 Å². The Kier molecular flexibility index (Phi) is 7.88. The summed E-state index contributed by atoms with van der Waals surface area (Å²) >= 11 is 0. The predicted octanol–water partition coefficient (Wildman–Crippen LogP) is 2.54. The van der Waals surface area contributed by atoms with Crippen molar-refractivity contribution in [3.05, 3.63) is 40.7 Å². The standard InChI is InChI=1S/C28H36N8O4/c1-5-6-13-40-27(38)20-14-18(36-11-9-34(2)10-12-36)15-21(25(20)39-4)31-28-30-16-17-7-8-19-23(26(29)37)33-35(3)24(19)22(17)32-28/h14-16H,5-13H2,1-4H3,(H2,29,37)(H,30,31,32). The molecule has 1 aromatic carbocycles. The summed E-state index contributed by atoms with van der Waals surface area (Å²) < 4.78 is 13.0. The number of benzene rings is 1. The van der Waals surface area contributed by atoms with Crippen molar-refractivity contribution in [2.24, 2.45) is 12.8 Å². The van der Waals surface area contributed by atoms with E-state index in [-0.39, 0.29) is 5.69 Å². The zero-order valence-corrected chi connectivity index (χ0v) is 23.5. The molecule has 1 aliphatic heterocycles. The number of primary amides is 1. The van der Waals surface area contributed by atoms with Gasteiger partial charge >= 0.3 is 5.97 Å². The number of methoxy groups -OCH3 is 1. The number of carbonyl (C=O) groups excluding carboxylic acids is 2. The molecule has 0 atom stereocenters. The van der Waals surface area contributed by atoms with Crippen molar-refractivity contribution >= 4 is 29.2 Å². The quantitative estimate of drug-likeness (QED) is 0.303. The number of hydrogen-bond donors (Lipinski definition) is 2. The third-order valence-electron chi connectivity index (χ3n) is 7.46. The normalized spacial score (nSPS) is 14.8. The summed E-state index contributed by atoms with van der Waals surface area (Å²) in [5.74, 6) is -0.309. The smallest absolute Gasteiger partial charge is 0.342 e. The van der Waals surface area contributed by atoms with E-state index in [1.165, 1.54) is 7.11 Å². The highest BCUT2D eigenvalue weighted by Crippen LogP contribution is 2.38. The van der Waals surface area contributed by atoms with Crippen molar-refractivity contribution in [2.75, 3.05) is 57.2 Å². The number of amides is 1. The van der Waals surface area contributed by atoms with Gasteiger partial charge in [-0.1, -0.05) is 13.3 Å². The first kappa shape index (κ1) is 27.4. The van der Waals surface area contributed by atoms with Crippen LogP contribution in [0.5, 0.6) is 5.75 Å². The van der Waals surface area contributed by atoms with Crippen LogP contribution in [0.4, 0.5) is 17.3 Å². The molecule has 0 saturated carbocycles. The fraction of sp³-hybridized carbons (Fsp3) is 0.464. The number of nitrogens with two attached hydrogens (primary N) is 1. The van der Waals surface area contributed by atoms with Gasteiger partial charge in [0.15, 0.2) is 11.4 Å². The lowest BCUT2D eigenvalue weighted by Gasteiger charge is -2.34. The molecule has 2 aromatic heterocycles. The predicted molar refractivity (Wildman–Crippen MR) is 151 cm³/mol. The number of piperazine rings is 1. The summed E-state index contributed by atoms with van der Waals surface area (Å²) in [6.07, 6.45) is 4.79. The van der Waals surface area contributed by atoms with Crippen molar-refractivity contribution in [1.29, 1.82) is 0 Å². The van der Waals surface area contributed by atoms with Crippen molar-refractivity contribution in [3.63, 3.8) is 0 Å². The van der Waals surface area contributed by atoms with E-state index in [2.05, 4.69) is 32.2 Å². The van der Waals surface area contributed by atoms with Gasteiger partial charge in [-0.15, -0.1) is 0 Å². The Labute approximate surface area is 233 Å². The van der Waals surface area contributed by atoms with Gasteiger partial charge < -0.3 is 30.3 Å². The van der Waals surface area contributed by atoms with E-state index in [4.69, 9.17) is 20.2 Å². The first-order chi connectivity index (χ1) is 19.3. The van der Waals surface area contributed by atoms with Crippen molar-refractivity contribution < 1.29 is 19.1 Å². The molecule has 2 aliphatic rings. The van der Waals surface area contributed by atoms with Crippen LogP contribution in [0.1, 0.15) is 51.7 Å². The third-order valence-corrected chi connectivity index (χ3v) is 7.46. The second-order valence-electron chi connectivity index (χ2n) is 10.2. The number of unbranched alkanes of at least 4 members (excludes halogenated alkanes) is 1. The minimum atomic E-state index is -0.559. The SMILES string of the molecule is CCCCOC(=O)c1cc(N2CCN(C)CC2)cc(Nc2ncc3c(n2)-c2c(c(C(N)=O)nn2C)CC3)c1OC. The number of esters is 1. The first-order valence-electron chi connectivity index (χ1n) is 13.6. The minimum absolute atomic E-state index is 0.268. The Morgan fingerprint density at radius 2 is 1.90 bits per heavy atom. The molecule has 40 heavy (non-hydrogen) atoms. The number of hydrogen-bond acceptors (Lipinski definition) is 10. The molecule has 12 heteroatoms. The molecule has 3 aromatic rings. The summed E-state index contributed by atoms with van der Waals surface area (Å²) in [7, 11) is 5.40. The number of aryl methyl sites for hydroxylation is 2. The molecule has 3 heterocycles. The largest absolute Gasteiger partial charge is 0.494 e. The van der Waals surface area contributed by atoms with Crippen molar-refractivity contribution in [2.45, 2.75) is 32.6 Å². The van der Waals surface area contributed by atoms with Gasteiger partial charge in [0.05, 0.1) is 30.8 Å². The van der Waals surface area contributed by atoms with E-state index in [1.807, 2.05) is 19.1 Å². The monoisotopic (exact) mass is 548 g/mol. The molecular formula is C28H36N8O4. The molecule has 12 nitrogen and oxygen atoms in total. The molecule has 0 spiro atoms. The molecule has 1 amide bonds. The lowest BCUT2D eigenvalue weighted by molar-refractivity contribution is 0.0496. The first-order valence-corrected chi connectivity index (χ1v) is 13.6. The Morgan fingerprint density at radius 1 is 1.12 bits per heavy atom. The molecule has 3 N–H and O–H groups in total. The average molecular weight is 549 g/mol. The number of ether oxygens (including phenoxy) is 2. The van der Waals surface area contributed by atoms with Gasteiger partial charge in [-0.25, -0.2) is 14.8 Å². The molecule has 1 fully saturated rings. The van der Waals surface area contributed by atoms with Gasteiger partial charge in [-0.2, -0.15) is 5.10 Å². The maximum Gasteiger partial charge on any atom is 0.342 e. The van der Waals surface area contributed by atoms with E-state index >= 15 is 0 Å². The summed E-state index contributed by atoms with van der Waals surface area (Å²) in [4.78, 5) is 39.0. The fourth-order valence-electron chi connectivity index (χ4n) is 5.25. The van der Waals surface area contributed by atoms with Crippen LogP contribution >= 0.6 is 0 Å². The lowest BCUT2D eigenvalue weighted by atomic mass is 9.93. The summed E-state index contributed by atoms with van der Waals surface area (Å²) in [5, 5.41) is 7.63. The Morgan fingerprint density at radius 3 is 2.60 bits per heavy atom. The van der Waals surface area contributed by atoms with Crippen LogP contribution in [0.3, 0.4) is 0 Å². The van der Waals surface area contributed by atoms with Gasteiger partial charge in [-0.3, -0.25) is 9.48 Å². The van der Waals surface area contributed by atoms with Crippen LogP contribution in [0.2, 0.25) is 0 Å². The van der Waals surface area contributed by atoms with Gasteiger partial charge in [0.1, 0.15) is 5.56 Å². The maximum absolute atomic E-state index is 13.2. The number of likely N-dealkylation sites (N-methyl/N-ethyl adjacent to an activating group) is 1. The number of rotatable bonds is 9. The second-order valence-corrected chi connectivity index (χ2v) is 10.2. The average Bonchev–Trinajstić information content (AvgIpc) is 3.30. The maximum atomic E-state index is 13.2. The van der Waals surface area contributed by atoms with Crippen LogP contribution in [0.15, 0.2) is 18.3 Å². The molecule has 0 unspecified atom stereocenters. The Hall–Kier alpha value is -4.19. The second kappa shape index (κ2) is 11.5. The lowest BCUT2D eigenvalue weighted by Crippen LogP contribution is -2.44. The Balaban J connectivity index is 1.54. The number of nitrogens with one attached hydrogen (secondary N) is 1. The molecular weight excluding hydrogens is 512 g/mol. The number of anilines is 3. The van der Waals surface area contributed by atoms with Crippen LogP contribution in [-0.2, 0) is 24.6 Å². The van der Waals surface area contributed by atoms with Crippen molar-refractivity contribution in [3.8, 4) is 17.1 Å². The van der Waals surface area contributed by atoms with E-state index in [1.54, 1.807) is 17.9 Å². The molecule has 212 valence electrons. The zero-order valence-electron chi connectivity index (χ0n) is 23.5. The van der Waals surface area contributed by atoms with Gasteiger partial charge in [0.25, 0.3) is 5.91 Å². The van der Waals surface area contributed by atoms with Crippen molar-refractivity contribution in [1.82, 2.24) is 24.6 Å². The highest BCUT2D eigenvalue weighted by molar-refractivity contribution is 5.97. The topological polar surface area (TPSA) is 141 Å². The minimum Gasteiger partial charge on any atom is -0.494 e. The molecule has 1 saturated heterocycles. The van der Waals surface area contributed by atoms with Crippen LogP contribution < -0.4 is 20.7 Å². The van der Waals surface area contributed by atoms with E-state index in [0.29, 0.717) is 48.1 Å². The fourth-order valence-corrected chi connectivity index (χ4v) is 5.25. The van der Waals surface area contributed by atoms with E-state index in [0.717, 1.165) is 61.5 Å². The number of fused-ring (bicyclic) bond motifs is 3. The van der Waals surface area contributed by atoms with Crippen LogP contribution in [0, 0.1) is 0 Å². The number of aromatic nitrogens is 4. The molecule has 0 radical (unpaired) electrons. The van der Waals surface area contributed by atoms with E-state index < -0.39 is 11.9 Å². The highest BCUT2D eigenvalue weighted by Gasteiger charge is 2.29. The molecule has 1 aliphatic carbocycles. The third kappa shape index (κ3) is 5.31. The van der Waals surface area contributed by atoms with E-state index in [9.17, 15) is 9.59 Å². The highest BCUT2D eigenvalue weighted by atomic mass is 16.5. The summed E-state index contributed by atoms with van der Waals surface area (Å²) in [6, 6.07) is 3.79. The van der Waals surface area contributed by atoms with Gasteiger partial charge in [-0.05, 0) is 44.0 Å². The van der Waals surface area contributed by atoms with Gasteiger partial charge in [0, 0.05) is 50.7 Å². The molecule has 0 bridgehead atoms.